The monoisotopic (exact) mass is 462 g/mol. The van der Waals surface area contributed by atoms with Crippen LogP contribution in [0.5, 0.6) is 0 Å². The van der Waals surface area contributed by atoms with Crippen LogP contribution in [0.25, 0.3) is 0 Å². The van der Waals surface area contributed by atoms with Crippen LogP contribution in [0.4, 0.5) is 0 Å². The fourth-order valence-corrected chi connectivity index (χ4v) is 5.94. The number of hydrogen-bond acceptors (Lipinski definition) is 3. The molecule has 1 heterocycles. The lowest BCUT2D eigenvalue weighted by Crippen LogP contribution is -2.36. The summed E-state index contributed by atoms with van der Waals surface area (Å²) < 4.78 is 12.0. The first kappa shape index (κ1) is 27.7. The number of rotatable bonds is 20. The van der Waals surface area contributed by atoms with Gasteiger partial charge < -0.3 is 9.47 Å². The highest BCUT2D eigenvalue weighted by Crippen LogP contribution is 2.28. The van der Waals surface area contributed by atoms with Gasteiger partial charge in [-0.2, -0.15) is 11.8 Å². The van der Waals surface area contributed by atoms with Gasteiger partial charge in [0.2, 0.25) is 0 Å². The van der Waals surface area contributed by atoms with Gasteiger partial charge in [0.15, 0.2) is 0 Å². The van der Waals surface area contributed by atoms with Gasteiger partial charge in [-0.25, -0.2) is 0 Å². The predicted octanol–water partition coefficient (Wildman–Crippen LogP) is 8.97. The van der Waals surface area contributed by atoms with Crippen LogP contribution < -0.4 is 0 Å². The van der Waals surface area contributed by atoms with E-state index in [0.29, 0.717) is 11.9 Å². The van der Waals surface area contributed by atoms with Crippen molar-refractivity contribution in [3.63, 3.8) is 0 Å². The smallest absolute Gasteiger partial charge is 0.0926 e. The van der Waals surface area contributed by atoms with E-state index in [0.717, 1.165) is 13.2 Å². The standard InChI is InChI=1S/C29H50O2S/c1-2-3-4-5-6-7-8-9-10-11-12-13-14-18-24-32-29-22-19-23-31-28(29)26-30-25-27-20-16-15-17-21-27/h15-17,20-21,28-29H,2-14,18-19,22-26H2,1H3/t28-,29-/m0/s1. The van der Waals surface area contributed by atoms with Crippen LogP contribution in [0.1, 0.15) is 115 Å². The summed E-state index contributed by atoms with van der Waals surface area (Å²) in [7, 11) is 0. The van der Waals surface area contributed by atoms with Crippen LogP contribution in [0.2, 0.25) is 0 Å². The highest BCUT2D eigenvalue weighted by molar-refractivity contribution is 7.99. The molecule has 3 heteroatoms. The Hall–Kier alpha value is -0.510. The van der Waals surface area contributed by atoms with Gasteiger partial charge in [-0.3, -0.25) is 0 Å². The van der Waals surface area contributed by atoms with Gasteiger partial charge in [0.1, 0.15) is 0 Å². The molecule has 0 radical (unpaired) electrons. The maximum absolute atomic E-state index is 6.06. The molecule has 0 aromatic heterocycles. The fourth-order valence-electron chi connectivity index (χ4n) is 4.56. The Kier molecular flexibility index (Phi) is 17.3. The highest BCUT2D eigenvalue weighted by atomic mass is 32.2. The number of benzene rings is 1. The molecular formula is C29H50O2S. The summed E-state index contributed by atoms with van der Waals surface area (Å²) in [6.07, 6.45) is 22.8. The maximum Gasteiger partial charge on any atom is 0.0926 e. The molecule has 1 aromatic rings. The molecule has 0 unspecified atom stereocenters. The summed E-state index contributed by atoms with van der Waals surface area (Å²) in [5, 5.41) is 0.612. The van der Waals surface area contributed by atoms with E-state index >= 15 is 0 Å². The largest absolute Gasteiger partial charge is 0.375 e. The molecule has 0 spiro atoms. The summed E-state index contributed by atoms with van der Waals surface area (Å²) in [5.74, 6) is 1.28. The lowest BCUT2D eigenvalue weighted by molar-refractivity contribution is -0.0408. The van der Waals surface area contributed by atoms with Crippen molar-refractivity contribution in [1.82, 2.24) is 0 Å². The molecule has 2 rings (SSSR count). The highest BCUT2D eigenvalue weighted by Gasteiger charge is 2.26. The third-order valence-electron chi connectivity index (χ3n) is 6.60. The SMILES string of the molecule is CCCCCCCCCCCCCCCCS[C@H]1CCCO[C@H]1COCc1ccccc1. The van der Waals surface area contributed by atoms with Crippen molar-refractivity contribution in [1.29, 1.82) is 0 Å². The van der Waals surface area contributed by atoms with Crippen molar-refractivity contribution in [2.24, 2.45) is 0 Å². The fraction of sp³-hybridized carbons (Fsp3) is 0.793. The normalized spacial score (nSPS) is 18.8. The molecular weight excluding hydrogens is 412 g/mol. The average Bonchev–Trinajstić information content (AvgIpc) is 2.83. The third-order valence-corrected chi connectivity index (χ3v) is 8.09. The van der Waals surface area contributed by atoms with Gasteiger partial charge in [0.05, 0.1) is 19.3 Å². The van der Waals surface area contributed by atoms with Crippen LogP contribution in [0.3, 0.4) is 0 Å². The Morgan fingerprint density at radius 2 is 1.41 bits per heavy atom. The van der Waals surface area contributed by atoms with Crippen molar-refractivity contribution in [2.45, 2.75) is 128 Å². The van der Waals surface area contributed by atoms with Crippen LogP contribution in [-0.4, -0.2) is 30.3 Å². The second kappa shape index (κ2) is 19.9. The van der Waals surface area contributed by atoms with E-state index in [1.165, 1.54) is 114 Å². The third kappa shape index (κ3) is 13.9. The zero-order chi connectivity index (χ0) is 22.5. The number of hydrogen-bond donors (Lipinski definition) is 0. The molecule has 1 aromatic carbocycles. The van der Waals surface area contributed by atoms with Gasteiger partial charge in [0, 0.05) is 11.9 Å². The Labute approximate surface area is 203 Å². The molecule has 184 valence electrons. The second-order valence-corrected chi connectivity index (χ2v) is 10.9. The molecule has 0 bridgehead atoms. The predicted molar refractivity (Wildman–Crippen MR) is 142 cm³/mol. The lowest BCUT2D eigenvalue weighted by Gasteiger charge is -2.31. The minimum atomic E-state index is 0.268. The maximum atomic E-state index is 6.06. The van der Waals surface area contributed by atoms with Crippen molar-refractivity contribution >= 4 is 11.8 Å². The van der Waals surface area contributed by atoms with Crippen LogP contribution >= 0.6 is 11.8 Å². The zero-order valence-electron chi connectivity index (χ0n) is 20.9. The van der Waals surface area contributed by atoms with Crippen molar-refractivity contribution in [3.05, 3.63) is 35.9 Å². The molecule has 0 N–H and O–H groups in total. The zero-order valence-corrected chi connectivity index (χ0v) is 21.7. The minimum Gasteiger partial charge on any atom is -0.375 e. The number of unbranched alkanes of at least 4 members (excludes halogenated alkanes) is 13. The van der Waals surface area contributed by atoms with E-state index in [1.54, 1.807) is 0 Å². The second-order valence-electron chi connectivity index (χ2n) is 9.56. The van der Waals surface area contributed by atoms with Gasteiger partial charge >= 0.3 is 0 Å². The summed E-state index contributed by atoms with van der Waals surface area (Å²) in [5.41, 5.74) is 1.25. The Morgan fingerprint density at radius 3 is 2.03 bits per heavy atom. The Morgan fingerprint density at radius 1 is 0.812 bits per heavy atom. The summed E-state index contributed by atoms with van der Waals surface area (Å²) in [6, 6.07) is 10.5. The van der Waals surface area contributed by atoms with E-state index in [2.05, 4.69) is 49.0 Å². The van der Waals surface area contributed by atoms with Crippen molar-refractivity contribution in [3.8, 4) is 0 Å². The Bertz CT molecular complexity index is 521. The molecule has 1 aliphatic rings. The topological polar surface area (TPSA) is 18.5 Å². The van der Waals surface area contributed by atoms with Gasteiger partial charge in [0.25, 0.3) is 0 Å². The Balaban J connectivity index is 1.39. The van der Waals surface area contributed by atoms with E-state index in [4.69, 9.17) is 9.47 Å². The van der Waals surface area contributed by atoms with Crippen LogP contribution in [-0.2, 0) is 16.1 Å². The van der Waals surface area contributed by atoms with Gasteiger partial charge in [-0.15, -0.1) is 0 Å². The molecule has 1 saturated heterocycles. The van der Waals surface area contributed by atoms with E-state index < -0.39 is 0 Å². The van der Waals surface area contributed by atoms with Crippen LogP contribution in [0.15, 0.2) is 30.3 Å². The van der Waals surface area contributed by atoms with Crippen molar-refractivity contribution < 1.29 is 9.47 Å². The first-order valence-electron chi connectivity index (χ1n) is 13.7. The van der Waals surface area contributed by atoms with Gasteiger partial charge in [-0.05, 0) is 30.6 Å². The number of thioether (sulfide) groups is 1. The van der Waals surface area contributed by atoms with Crippen molar-refractivity contribution in [2.75, 3.05) is 19.0 Å². The molecule has 2 atom stereocenters. The van der Waals surface area contributed by atoms with Crippen LogP contribution in [0, 0.1) is 0 Å². The van der Waals surface area contributed by atoms with E-state index in [1.807, 2.05) is 0 Å². The number of ether oxygens (including phenoxy) is 2. The molecule has 0 saturated carbocycles. The quantitative estimate of drug-likeness (QED) is 0.180. The first-order chi connectivity index (χ1) is 15.9. The summed E-state index contributed by atoms with van der Waals surface area (Å²) in [4.78, 5) is 0. The lowest BCUT2D eigenvalue weighted by atomic mass is 10.0. The summed E-state index contributed by atoms with van der Waals surface area (Å²) in [6.45, 7) is 4.61. The average molecular weight is 463 g/mol. The minimum absolute atomic E-state index is 0.268. The summed E-state index contributed by atoms with van der Waals surface area (Å²) >= 11 is 2.13. The molecule has 2 nitrogen and oxygen atoms in total. The van der Waals surface area contributed by atoms with E-state index in [-0.39, 0.29) is 6.10 Å². The molecule has 0 aliphatic carbocycles. The van der Waals surface area contributed by atoms with E-state index in [9.17, 15) is 0 Å². The molecule has 1 aliphatic heterocycles. The molecule has 1 fully saturated rings. The molecule has 0 amide bonds. The first-order valence-corrected chi connectivity index (χ1v) is 14.8. The van der Waals surface area contributed by atoms with Gasteiger partial charge in [-0.1, -0.05) is 121 Å². The molecule has 32 heavy (non-hydrogen) atoms.